The van der Waals surface area contributed by atoms with Gasteiger partial charge in [-0.05, 0) is 84.2 Å². The smallest absolute Gasteiger partial charge is 0.290 e. The van der Waals surface area contributed by atoms with Crippen molar-refractivity contribution in [3.8, 4) is 0 Å². The first-order chi connectivity index (χ1) is 18.6. The van der Waals surface area contributed by atoms with Crippen molar-refractivity contribution in [3.05, 3.63) is 94.0 Å². The lowest BCUT2D eigenvalue weighted by atomic mass is 9.86. The second-order valence-electron chi connectivity index (χ2n) is 10.1. The largest absolute Gasteiger partial charge is 0.483 e. The molecule has 0 saturated heterocycles. The summed E-state index contributed by atoms with van der Waals surface area (Å²) in [5, 5.41) is 15.8. The summed E-state index contributed by atoms with van der Waals surface area (Å²) in [6.45, 7) is 4.33. The van der Waals surface area contributed by atoms with Crippen molar-refractivity contribution in [2.75, 3.05) is 6.54 Å². The van der Waals surface area contributed by atoms with Gasteiger partial charge in [-0.15, -0.1) is 5.10 Å². The first kappa shape index (κ1) is 25.6. The normalized spacial score (nSPS) is 17.3. The molecule has 0 aliphatic carbocycles. The fraction of sp³-hybridized carbons (Fsp3) is 0.355. The molecule has 1 N–H and O–H groups in total. The van der Waals surface area contributed by atoms with Gasteiger partial charge in [-0.25, -0.2) is 4.68 Å². The van der Waals surface area contributed by atoms with Gasteiger partial charge in [0.25, 0.3) is 12.4 Å². The Labute approximate surface area is 223 Å². The monoisotopic (exact) mass is 510 g/mol. The van der Waals surface area contributed by atoms with Crippen molar-refractivity contribution in [2.24, 2.45) is 0 Å². The summed E-state index contributed by atoms with van der Waals surface area (Å²) in [6, 6.07) is 21.8. The Morgan fingerprint density at radius 3 is 2.47 bits per heavy atom. The zero-order valence-corrected chi connectivity index (χ0v) is 21.8. The van der Waals surface area contributed by atoms with Crippen molar-refractivity contribution >= 4 is 23.4 Å². The Morgan fingerprint density at radius 2 is 1.68 bits per heavy atom. The van der Waals surface area contributed by atoms with Crippen LogP contribution in [0.5, 0.6) is 0 Å². The van der Waals surface area contributed by atoms with Crippen LogP contribution in [0.1, 0.15) is 76.7 Å². The van der Waals surface area contributed by atoms with Crippen LogP contribution in [0, 0.1) is 0 Å². The highest BCUT2D eigenvalue weighted by atomic mass is 16.3. The molecule has 7 heteroatoms. The van der Waals surface area contributed by atoms with E-state index in [1.54, 1.807) is 0 Å². The quantitative estimate of drug-likeness (QED) is 0.337. The van der Waals surface area contributed by atoms with Crippen LogP contribution >= 0.6 is 0 Å². The van der Waals surface area contributed by atoms with Gasteiger partial charge in [0.15, 0.2) is 0 Å². The number of amides is 1. The number of aryl methyl sites for hydroxylation is 2. The number of carbonyl (C=O) groups excluding carboxylic acids is 1. The van der Waals surface area contributed by atoms with Gasteiger partial charge in [-0.3, -0.25) is 9.59 Å². The minimum absolute atomic E-state index is 0.137. The molecule has 5 aliphatic heterocycles. The van der Waals surface area contributed by atoms with Gasteiger partial charge in [-0.2, -0.15) is 0 Å². The summed E-state index contributed by atoms with van der Waals surface area (Å²) >= 11 is 0. The molecule has 1 unspecified atom stereocenters. The van der Waals surface area contributed by atoms with Crippen molar-refractivity contribution in [2.45, 2.75) is 64.5 Å². The molecule has 9 bridgehead atoms. The van der Waals surface area contributed by atoms with Crippen LogP contribution in [0.25, 0.3) is 11.0 Å². The van der Waals surface area contributed by atoms with Crippen LogP contribution in [0.4, 0.5) is 0 Å². The van der Waals surface area contributed by atoms with E-state index in [-0.39, 0.29) is 12.4 Å². The zero-order chi connectivity index (χ0) is 26.5. The number of rotatable bonds is 1. The molecule has 38 heavy (non-hydrogen) atoms. The van der Waals surface area contributed by atoms with Gasteiger partial charge < -0.3 is 10.0 Å². The molecular formula is C31H34N4O3. The van der Waals surface area contributed by atoms with Crippen molar-refractivity contribution in [1.82, 2.24) is 19.9 Å². The molecule has 5 aliphatic rings. The van der Waals surface area contributed by atoms with Gasteiger partial charge >= 0.3 is 0 Å². The minimum atomic E-state index is -0.250. The topological polar surface area (TPSA) is 88.3 Å². The predicted octanol–water partition coefficient (Wildman–Crippen LogP) is 5.60. The van der Waals surface area contributed by atoms with Gasteiger partial charge in [0, 0.05) is 31.1 Å². The highest BCUT2D eigenvalue weighted by Crippen LogP contribution is 2.32. The number of carboxylic acid groups (broad SMARTS) is 1. The van der Waals surface area contributed by atoms with Gasteiger partial charge in [0.05, 0.1) is 5.52 Å². The number of carbonyl (C=O) groups is 2. The molecule has 7 nitrogen and oxygen atoms in total. The van der Waals surface area contributed by atoms with Crippen LogP contribution in [0.2, 0.25) is 0 Å². The maximum absolute atomic E-state index is 13.3. The molecule has 0 spiro atoms. The van der Waals surface area contributed by atoms with Crippen LogP contribution in [-0.2, 0) is 30.7 Å². The number of benzene rings is 3. The predicted molar refractivity (Wildman–Crippen MR) is 147 cm³/mol. The molecule has 1 amide bonds. The van der Waals surface area contributed by atoms with E-state index in [2.05, 4.69) is 70.4 Å². The average Bonchev–Trinajstić information content (AvgIpc) is 3.35. The van der Waals surface area contributed by atoms with E-state index in [0.29, 0.717) is 12.5 Å². The lowest BCUT2D eigenvalue weighted by molar-refractivity contribution is -0.122. The number of hydrogen-bond donors (Lipinski definition) is 1. The highest BCUT2D eigenvalue weighted by Gasteiger charge is 2.23. The Balaban J connectivity index is 0.000000937. The summed E-state index contributed by atoms with van der Waals surface area (Å²) in [5.41, 5.74) is 9.40. The van der Waals surface area contributed by atoms with Crippen LogP contribution in [0.3, 0.4) is 0 Å². The van der Waals surface area contributed by atoms with Gasteiger partial charge in [-0.1, -0.05) is 55.0 Å². The molecule has 3 aromatic carbocycles. The Morgan fingerprint density at radius 1 is 0.921 bits per heavy atom. The SMILES string of the molecule is CCC1c2ccc3c(c2)CN(CC3)C(=O)c2ccc(cc2)CCCCCn2nnc3cc1ccc32.O=CO. The maximum Gasteiger partial charge on any atom is 0.290 e. The molecule has 6 heterocycles. The standard InChI is InChI=1S/C30H32N4O.CH2O2/c1-2-27-24-12-11-22-15-17-33(20-26(22)18-24)30(35)23-9-7-21(8-10-23)6-4-3-5-16-34-29-14-13-25(27)19-28(29)31-32-34;2-1-3/h7-14,18-19,27H,2-6,15-17,20H2,1H3;1H,(H,2,3). The van der Waals surface area contributed by atoms with E-state index in [9.17, 15) is 4.79 Å². The molecule has 9 rings (SSSR count). The average molecular weight is 511 g/mol. The molecule has 1 atom stereocenters. The minimum Gasteiger partial charge on any atom is -0.483 e. The molecule has 0 radical (unpaired) electrons. The van der Waals surface area contributed by atoms with Crippen molar-refractivity contribution in [1.29, 1.82) is 0 Å². The van der Waals surface area contributed by atoms with E-state index in [0.717, 1.165) is 68.2 Å². The van der Waals surface area contributed by atoms with E-state index in [1.165, 1.54) is 27.8 Å². The number of aromatic nitrogens is 3. The van der Waals surface area contributed by atoms with Crippen LogP contribution in [0.15, 0.2) is 60.7 Å². The molecular weight excluding hydrogens is 476 g/mol. The summed E-state index contributed by atoms with van der Waals surface area (Å²) in [7, 11) is 0. The van der Waals surface area contributed by atoms with E-state index in [1.807, 2.05) is 17.0 Å². The second-order valence-corrected chi connectivity index (χ2v) is 10.1. The van der Waals surface area contributed by atoms with E-state index < -0.39 is 0 Å². The third-order valence-electron chi connectivity index (χ3n) is 7.82. The summed E-state index contributed by atoms with van der Waals surface area (Å²) in [6.07, 6.45) is 6.31. The summed E-state index contributed by atoms with van der Waals surface area (Å²) in [5.74, 6) is 0.431. The van der Waals surface area contributed by atoms with Crippen molar-refractivity contribution in [3.63, 3.8) is 0 Å². The first-order valence-electron chi connectivity index (χ1n) is 13.5. The van der Waals surface area contributed by atoms with E-state index in [4.69, 9.17) is 9.90 Å². The molecule has 4 aromatic rings. The molecule has 196 valence electrons. The third kappa shape index (κ3) is 5.32. The fourth-order valence-electron chi connectivity index (χ4n) is 5.77. The molecule has 0 fully saturated rings. The maximum atomic E-state index is 13.3. The van der Waals surface area contributed by atoms with Gasteiger partial charge in [0.2, 0.25) is 0 Å². The Hall–Kier alpha value is -4.00. The lowest BCUT2D eigenvalue weighted by Gasteiger charge is -2.30. The van der Waals surface area contributed by atoms with Crippen molar-refractivity contribution < 1.29 is 14.7 Å². The second kappa shape index (κ2) is 11.6. The van der Waals surface area contributed by atoms with Gasteiger partial charge in [0.1, 0.15) is 5.52 Å². The summed E-state index contributed by atoms with van der Waals surface area (Å²) < 4.78 is 2.05. The number of hydrogen-bond acceptors (Lipinski definition) is 4. The first-order valence-corrected chi connectivity index (χ1v) is 13.5. The zero-order valence-electron chi connectivity index (χ0n) is 21.8. The Bertz CT molecular complexity index is 1430. The van der Waals surface area contributed by atoms with Crippen LogP contribution in [-0.4, -0.2) is 43.9 Å². The highest BCUT2D eigenvalue weighted by molar-refractivity contribution is 5.94. The molecule has 0 saturated carbocycles. The fourth-order valence-corrected chi connectivity index (χ4v) is 5.77. The molecule has 1 aromatic heterocycles. The third-order valence-corrected chi connectivity index (χ3v) is 7.82. The Kier molecular flexibility index (Phi) is 7.82. The number of nitrogens with zero attached hydrogens (tertiary/aromatic N) is 4. The van der Waals surface area contributed by atoms with Crippen LogP contribution < -0.4 is 0 Å². The summed E-state index contributed by atoms with van der Waals surface area (Å²) in [4.78, 5) is 23.7. The lowest BCUT2D eigenvalue weighted by Crippen LogP contribution is -2.36. The van der Waals surface area contributed by atoms with E-state index >= 15 is 0 Å².